The van der Waals surface area contributed by atoms with E-state index in [1.165, 1.54) is 263 Å². The molecule has 0 saturated heterocycles. The van der Waals surface area contributed by atoms with Crippen molar-refractivity contribution >= 4 is 13.7 Å². The van der Waals surface area contributed by atoms with Gasteiger partial charge in [0.05, 0.1) is 39.9 Å². The summed E-state index contributed by atoms with van der Waals surface area (Å²) in [5.41, 5.74) is 0. The second kappa shape index (κ2) is 52.4. The normalized spacial score (nSPS) is 13.8. The zero-order chi connectivity index (χ0) is 50.6. The number of nitrogens with zero attached hydrogens (tertiary/aromatic N) is 1. The van der Waals surface area contributed by atoms with Crippen molar-refractivity contribution < 1.29 is 32.9 Å². The summed E-state index contributed by atoms with van der Waals surface area (Å²) in [5.74, 6) is -0.155. The van der Waals surface area contributed by atoms with Crippen LogP contribution in [0.1, 0.15) is 328 Å². The minimum atomic E-state index is -4.57. The van der Waals surface area contributed by atoms with E-state index in [4.69, 9.17) is 9.05 Å². The van der Waals surface area contributed by atoms with Crippen molar-refractivity contribution in [3.05, 3.63) is 0 Å². The number of hydrogen-bond acceptors (Lipinski definition) is 6. The minimum absolute atomic E-state index is 0.0167. The number of carbonyl (C=O) groups is 1. The van der Waals surface area contributed by atoms with Crippen LogP contribution in [0.5, 0.6) is 0 Å². The third-order valence-corrected chi connectivity index (χ3v) is 15.6. The molecule has 0 aliphatic carbocycles. The number of phosphoric ester groups is 1. The number of amides is 1. The van der Waals surface area contributed by atoms with Crippen molar-refractivity contribution in [2.75, 3.05) is 40.9 Å². The highest BCUT2D eigenvalue weighted by molar-refractivity contribution is 7.45. The summed E-state index contributed by atoms with van der Waals surface area (Å²) in [6.07, 6.45) is 62.9. The topological polar surface area (TPSA) is 108 Å². The molecule has 0 fully saturated rings. The Hall–Kier alpha value is -0.500. The predicted octanol–water partition coefficient (Wildman–Crippen LogP) is 18.2. The average Bonchev–Trinajstić information content (AvgIpc) is 3.31. The molecule has 2 N–H and O–H groups in total. The molecule has 9 heteroatoms. The summed E-state index contributed by atoms with van der Waals surface area (Å²) in [4.78, 5) is 25.6. The number of nitrogens with one attached hydrogen (secondary N) is 1. The van der Waals surface area contributed by atoms with E-state index in [0.29, 0.717) is 23.9 Å². The van der Waals surface area contributed by atoms with E-state index < -0.39 is 20.0 Å². The molecule has 3 atom stereocenters. The number of phosphoric acid groups is 1. The van der Waals surface area contributed by atoms with E-state index in [2.05, 4.69) is 19.2 Å². The second-order valence-corrected chi connectivity index (χ2v) is 24.2. The van der Waals surface area contributed by atoms with Crippen LogP contribution in [0.3, 0.4) is 0 Å². The summed E-state index contributed by atoms with van der Waals surface area (Å²) in [7, 11) is 1.33. The van der Waals surface area contributed by atoms with Gasteiger partial charge in [-0.3, -0.25) is 9.36 Å². The molecule has 0 radical (unpaired) electrons. The van der Waals surface area contributed by atoms with Crippen LogP contribution >= 0.6 is 7.82 Å². The Balaban J connectivity index is 4.02. The highest BCUT2D eigenvalue weighted by Crippen LogP contribution is 2.38. The van der Waals surface area contributed by atoms with Crippen molar-refractivity contribution in [1.82, 2.24) is 5.32 Å². The Morgan fingerprint density at radius 3 is 0.986 bits per heavy atom. The molecule has 0 heterocycles. The minimum Gasteiger partial charge on any atom is -0.756 e. The highest BCUT2D eigenvalue weighted by Gasteiger charge is 2.24. The highest BCUT2D eigenvalue weighted by atomic mass is 31.2. The molecule has 1 amide bonds. The standard InChI is InChI=1S/C60H123N2O6P/c1-6-8-10-12-14-16-18-20-22-24-26-27-28-29-30-31-32-33-34-35-36-38-40-42-44-46-48-50-52-54-60(64)61-58(57-68-69(65,66)67-56-55-62(3,4)5)59(63)53-51-49-47-45-43-41-39-37-25-23-21-19-17-15-13-11-9-7-2/h58-59,63H,6-57H2,1-5H3,(H-,61,64,65,66). The lowest BCUT2D eigenvalue weighted by Crippen LogP contribution is -2.46. The van der Waals surface area contributed by atoms with Crippen LogP contribution in [0.2, 0.25) is 0 Å². The number of unbranched alkanes of at least 4 members (excludes halogenated alkanes) is 45. The lowest BCUT2D eigenvalue weighted by atomic mass is 10.0. The van der Waals surface area contributed by atoms with E-state index in [1.54, 1.807) is 0 Å². The van der Waals surface area contributed by atoms with Crippen molar-refractivity contribution in [2.45, 2.75) is 341 Å². The average molecular weight is 1000 g/mol. The van der Waals surface area contributed by atoms with E-state index in [9.17, 15) is 19.4 Å². The molecule has 0 aliphatic heterocycles. The molecule has 0 aromatic heterocycles. The van der Waals surface area contributed by atoms with Crippen LogP contribution in [-0.4, -0.2) is 68.5 Å². The first-order chi connectivity index (χ1) is 33.5. The fourth-order valence-corrected chi connectivity index (χ4v) is 10.5. The van der Waals surface area contributed by atoms with Gasteiger partial charge in [0.25, 0.3) is 7.82 Å². The first kappa shape index (κ1) is 68.5. The van der Waals surface area contributed by atoms with E-state index in [0.717, 1.165) is 38.5 Å². The number of rotatable bonds is 58. The van der Waals surface area contributed by atoms with Gasteiger partial charge in [0, 0.05) is 6.42 Å². The number of aliphatic hydroxyl groups excluding tert-OH is 1. The lowest BCUT2D eigenvalue weighted by Gasteiger charge is -2.30. The number of hydrogen-bond donors (Lipinski definition) is 2. The van der Waals surface area contributed by atoms with Gasteiger partial charge < -0.3 is 28.8 Å². The van der Waals surface area contributed by atoms with Crippen molar-refractivity contribution in [2.24, 2.45) is 0 Å². The number of quaternary nitrogens is 1. The third-order valence-electron chi connectivity index (χ3n) is 14.6. The largest absolute Gasteiger partial charge is 0.756 e. The van der Waals surface area contributed by atoms with Crippen molar-refractivity contribution in [1.29, 1.82) is 0 Å². The molecule has 0 bridgehead atoms. The van der Waals surface area contributed by atoms with Gasteiger partial charge in [-0.15, -0.1) is 0 Å². The maximum atomic E-state index is 13.0. The number of likely N-dealkylation sites (N-methyl/N-ethyl adjacent to an activating group) is 1. The van der Waals surface area contributed by atoms with Crippen LogP contribution in [0.4, 0.5) is 0 Å². The Bertz CT molecular complexity index is 1090. The predicted molar refractivity (Wildman–Crippen MR) is 298 cm³/mol. The van der Waals surface area contributed by atoms with Crippen LogP contribution in [-0.2, 0) is 18.4 Å². The molecule has 0 saturated carbocycles. The molecule has 0 aliphatic rings. The zero-order valence-electron chi connectivity index (χ0n) is 47.3. The second-order valence-electron chi connectivity index (χ2n) is 22.8. The zero-order valence-corrected chi connectivity index (χ0v) is 48.2. The third kappa shape index (κ3) is 55.1. The van der Waals surface area contributed by atoms with Crippen LogP contribution in [0.25, 0.3) is 0 Å². The van der Waals surface area contributed by atoms with Gasteiger partial charge in [0.15, 0.2) is 0 Å². The lowest BCUT2D eigenvalue weighted by molar-refractivity contribution is -0.870. The Labute approximate surface area is 431 Å². The summed E-state index contributed by atoms with van der Waals surface area (Å²) >= 11 is 0. The number of carbonyl (C=O) groups excluding carboxylic acids is 1. The fraction of sp³-hybridized carbons (Fsp3) is 0.983. The van der Waals surface area contributed by atoms with Gasteiger partial charge in [-0.1, -0.05) is 309 Å². The molecule has 0 rings (SSSR count). The summed E-state index contributed by atoms with van der Waals surface area (Å²) in [6, 6.07) is -0.795. The first-order valence-electron chi connectivity index (χ1n) is 30.9. The Kier molecular flexibility index (Phi) is 52.0. The maximum Gasteiger partial charge on any atom is 0.268 e. The summed E-state index contributed by atoms with van der Waals surface area (Å²) in [5, 5.41) is 14.0. The number of aliphatic hydroxyl groups is 1. The maximum absolute atomic E-state index is 13.0. The molecular formula is C60H123N2O6P. The molecule has 8 nitrogen and oxygen atoms in total. The van der Waals surface area contributed by atoms with E-state index in [1.807, 2.05) is 21.1 Å². The van der Waals surface area contributed by atoms with Gasteiger partial charge in [0.1, 0.15) is 13.2 Å². The fourth-order valence-electron chi connectivity index (χ4n) is 9.75. The van der Waals surface area contributed by atoms with Gasteiger partial charge in [-0.05, 0) is 12.8 Å². The van der Waals surface area contributed by atoms with E-state index >= 15 is 0 Å². The van der Waals surface area contributed by atoms with Gasteiger partial charge in [-0.25, -0.2) is 0 Å². The Morgan fingerprint density at radius 1 is 0.449 bits per heavy atom. The Morgan fingerprint density at radius 2 is 0.710 bits per heavy atom. The van der Waals surface area contributed by atoms with Crippen LogP contribution in [0, 0.1) is 0 Å². The molecule has 0 spiro atoms. The monoisotopic (exact) mass is 999 g/mol. The molecule has 3 unspecified atom stereocenters. The molecule has 0 aromatic carbocycles. The molecular weight excluding hydrogens is 876 g/mol. The summed E-state index contributed by atoms with van der Waals surface area (Å²) < 4.78 is 23.5. The van der Waals surface area contributed by atoms with Crippen molar-refractivity contribution in [3.8, 4) is 0 Å². The van der Waals surface area contributed by atoms with E-state index in [-0.39, 0.29) is 19.1 Å². The SMILES string of the molecule is CCCCCCCCCCCCCCCCCCCCCCCCCCCCCCCC(=O)NC(COP(=O)([O-])OCC[N+](C)(C)C)C(O)CCCCCCCCCCCCCCCCCCCC. The van der Waals surface area contributed by atoms with Crippen LogP contribution in [0.15, 0.2) is 0 Å². The van der Waals surface area contributed by atoms with Gasteiger partial charge >= 0.3 is 0 Å². The van der Waals surface area contributed by atoms with Crippen LogP contribution < -0.4 is 10.2 Å². The quantitative estimate of drug-likeness (QED) is 0.0357. The molecule has 414 valence electrons. The van der Waals surface area contributed by atoms with Gasteiger partial charge in [-0.2, -0.15) is 0 Å². The van der Waals surface area contributed by atoms with Crippen molar-refractivity contribution in [3.63, 3.8) is 0 Å². The smallest absolute Gasteiger partial charge is 0.268 e. The van der Waals surface area contributed by atoms with Gasteiger partial charge in [0.2, 0.25) is 5.91 Å². The summed E-state index contributed by atoms with van der Waals surface area (Å²) in [6.45, 7) is 4.78. The first-order valence-corrected chi connectivity index (χ1v) is 32.3. The molecule has 69 heavy (non-hydrogen) atoms. The molecule has 0 aromatic rings.